The van der Waals surface area contributed by atoms with Crippen LogP contribution in [0.5, 0.6) is 0 Å². The van der Waals surface area contributed by atoms with Crippen molar-refractivity contribution in [3.63, 3.8) is 0 Å². The lowest BCUT2D eigenvalue weighted by Crippen LogP contribution is -2.39. The number of amides is 1. The summed E-state index contributed by atoms with van der Waals surface area (Å²) in [6.45, 7) is 5.15. The van der Waals surface area contributed by atoms with E-state index in [0.29, 0.717) is 17.5 Å². The molecule has 1 N–H and O–H groups in total. The molecular formula is C28H32ClN3O. The highest BCUT2D eigenvalue weighted by Crippen LogP contribution is 2.33. The van der Waals surface area contributed by atoms with Crippen LogP contribution in [0, 0.1) is 5.92 Å². The molecule has 5 heteroatoms. The van der Waals surface area contributed by atoms with Crippen molar-refractivity contribution in [1.82, 2.24) is 15.2 Å². The number of pyridine rings is 1. The molecule has 33 heavy (non-hydrogen) atoms. The number of fused-ring (bicyclic) bond motifs is 2. The average molecular weight is 462 g/mol. The number of hydrogen-bond donors (Lipinski definition) is 1. The number of halogens is 1. The first-order valence-electron chi connectivity index (χ1n) is 12.3. The summed E-state index contributed by atoms with van der Waals surface area (Å²) in [6, 6.07) is 16.9. The average Bonchev–Trinajstić information content (AvgIpc) is 2.87. The van der Waals surface area contributed by atoms with Crippen LogP contribution in [-0.2, 0) is 12.8 Å². The summed E-state index contributed by atoms with van der Waals surface area (Å²) in [5, 5.41) is 4.94. The first-order chi connectivity index (χ1) is 16.1. The van der Waals surface area contributed by atoms with Gasteiger partial charge in [-0.3, -0.25) is 14.7 Å². The number of piperidine rings is 1. The molecule has 2 aliphatic rings. The Morgan fingerprint density at radius 1 is 1.12 bits per heavy atom. The summed E-state index contributed by atoms with van der Waals surface area (Å²) in [5.74, 6) is 0.501. The molecule has 2 aromatic carbocycles. The molecule has 0 saturated carbocycles. The van der Waals surface area contributed by atoms with E-state index in [-0.39, 0.29) is 5.91 Å². The van der Waals surface area contributed by atoms with E-state index in [2.05, 4.69) is 47.5 Å². The number of benzene rings is 2. The molecule has 1 fully saturated rings. The van der Waals surface area contributed by atoms with Gasteiger partial charge in [-0.05, 0) is 87.7 Å². The minimum atomic E-state index is -0.0207. The number of aryl methyl sites for hydroxylation is 1. The van der Waals surface area contributed by atoms with Gasteiger partial charge in [0.05, 0.1) is 10.5 Å². The van der Waals surface area contributed by atoms with Crippen molar-refractivity contribution in [2.75, 3.05) is 19.6 Å². The lowest BCUT2D eigenvalue weighted by Gasteiger charge is -2.36. The Balaban J connectivity index is 1.18. The monoisotopic (exact) mass is 461 g/mol. The maximum atomic E-state index is 12.9. The van der Waals surface area contributed by atoms with E-state index < -0.39 is 0 Å². The number of carbonyl (C=O) groups excluding carboxylic acids is 1. The number of nitrogens with zero attached hydrogens (tertiary/aromatic N) is 2. The molecule has 1 saturated heterocycles. The molecule has 1 aromatic heterocycles. The van der Waals surface area contributed by atoms with E-state index in [9.17, 15) is 4.79 Å². The van der Waals surface area contributed by atoms with Crippen LogP contribution in [0.1, 0.15) is 65.8 Å². The van der Waals surface area contributed by atoms with Gasteiger partial charge in [-0.1, -0.05) is 48.0 Å². The number of likely N-dealkylation sites (tertiary alicyclic amines) is 1. The Bertz CT molecular complexity index is 1140. The van der Waals surface area contributed by atoms with Crippen molar-refractivity contribution in [2.24, 2.45) is 5.92 Å². The molecule has 1 aliphatic heterocycles. The zero-order valence-corrected chi connectivity index (χ0v) is 20.1. The van der Waals surface area contributed by atoms with Crippen LogP contribution in [0.25, 0.3) is 10.9 Å². The summed E-state index contributed by atoms with van der Waals surface area (Å²) in [6.07, 6.45) is 6.53. The molecule has 0 radical (unpaired) electrons. The summed E-state index contributed by atoms with van der Waals surface area (Å²) in [4.78, 5) is 20.3. The summed E-state index contributed by atoms with van der Waals surface area (Å²) < 4.78 is 0. The summed E-state index contributed by atoms with van der Waals surface area (Å²) in [5.41, 5.74) is 5.16. The molecule has 3 aromatic rings. The Labute approximate surface area is 201 Å². The normalized spacial score (nSPS) is 18.1. The number of hydrogen-bond acceptors (Lipinski definition) is 3. The molecule has 4 nitrogen and oxygen atoms in total. The second-order valence-electron chi connectivity index (χ2n) is 9.57. The predicted octanol–water partition coefficient (Wildman–Crippen LogP) is 5.97. The first kappa shape index (κ1) is 22.4. The van der Waals surface area contributed by atoms with Gasteiger partial charge in [0, 0.05) is 29.2 Å². The Morgan fingerprint density at radius 2 is 1.88 bits per heavy atom. The molecule has 5 rings (SSSR count). The van der Waals surface area contributed by atoms with Gasteiger partial charge in [0.15, 0.2) is 0 Å². The minimum Gasteiger partial charge on any atom is -0.352 e. The van der Waals surface area contributed by atoms with Crippen molar-refractivity contribution in [3.05, 3.63) is 75.9 Å². The molecule has 0 bridgehead atoms. The first-order valence-corrected chi connectivity index (χ1v) is 12.7. The number of rotatable bonds is 5. The number of aromatic nitrogens is 1. The van der Waals surface area contributed by atoms with Gasteiger partial charge in [0.1, 0.15) is 0 Å². The third-order valence-corrected chi connectivity index (χ3v) is 7.92. The van der Waals surface area contributed by atoms with E-state index >= 15 is 0 Å². The number of nitrogens with one attached hydrogen (secondary N) is 1. The van der Waals surface area contributed by atoms with Gasteiger partial charge in [0.2, 0.25) is 0 Å². The summed E-state index contributed by atoms with van der Waals surface area (Å²) >= 11 is 6.68. The van der Waals surface area contributed by atoms with Gasteiger partial charge in [-0.2, -0.15) is 0 Å². The minimum absolute atomic E-state index is 0.0207. The standard InChI is InChI=1S/C28H32ClN3O/c1-19(21-7-3-2-4-8-21)32-15-13-20(14-16-32)18-30-28(33)22-11-12-24-26(17-22)31-25-10-6-5-9-23(25)27(24)29/h2-4,7-8,11-12,17,19-20H,5-6,9-10,13-16,18H2,1H3,(H,30,33). The van der Waals surface area contributed by atoms with Crippen molar-refractivity contribution in [1.29, 1.82) is 0 Å². The lowest BCUT2D eigenvalue weighted by molar-refractivity contribution is 0.0927. The highest BCUT2D eigenvalue weighted by atomic mass is 35.5. The molecule has 1 atom stereocenters. The van der Waals surface area contributed by atoms with Crippen molar-refractivity contribution >= 4 is 28.4 Å². The van der Waals surface area contributed by atoms with Gasteiger partial charge in [0.25, 0.3) is 5.91 Å². The molecule has 2 heterocycles. The van der Waals surface area contributed by atoms with Crippen LogP contribution in [0.4, 0.5) is 0 Å². The van der Waals surface area contributed by atoms with Crippen molar-refractivity contribution in [2.45, 2.75) is 51.5 Å². The lowest BCUT2D eigenvalue weighted by atomic mass is 9.94. The second kappa shape index (κ2) is 9.82. The second-order valence-corrected chi connectivity index (χ2v) is 9.94. The van der Waals surface area contributed by atoms with Crippen molar-refractivity contribution < 1.29 is 4.79 Å². The fourth-order valence-electron chi connectivity index (χ4n) is 5.33. The van der Waals surface area contributed by atoms with Crippen LogP contribution >= 0.6 is 11.6 Å². The smallest absolute Gasteiger partial charge is 0.251 e. The Morgan fingerprint density at radius 3 is 2.67 bits per heavy atom. The molecule has 1 unspecified atom stereocenters. The fourth-order valence-corrected chi connectivity index (χ4v) is 5.70. The van der Waals surface area contributed by atoms with Gasteiger partial charge < -0.3 is 5.32 Å². The predicted molar refractivity (Wildman–Crippen MR) is 135 cm³/mol. The van der Waals surface area contributed by atoms with Crippen LogP contribution in [0.3, 0.4) is 0 Å². The molecule has 1 aliphatic carbocycles. The van der Waals surface area contributed by atoms with Crippen LogP contribution in [0.2, 0.25) is 5.02 Å². The van der Waals surface area contributed by atoms with Crippen LogP contribution < -0.4 is 5.32 Å². The summed E-state index contributed by atoms with van der Waals surface area (Å²) in [7, 11) is 0. The molecule has 172 valence electrons. The SMILES string of the molecule is CC(c1ccccc1)N1CCC(CNC(=O)c2ccc3c(Cl)c4c(nc3c2)CCCC4)CC1. The molecular weight excluding hydrogens is 430 g/mol. The quantitative estimate of drug-likeness (QED) is 0.509. The van der Waals surface area contributed by atoms with E-state index in [4.69, 9.17) is 16.6 Å². The van der Waals surface area contributed by atoms with Crippen molar-refractivity contribution in [3.8, 4) is 0 Å². The highest BCUT2D eigenvalue weighted by Gasteiger charge is 2.24. The van der Waals surface area contributed by atoms with Gasteiger partial charge in [-0.25, -0.2) is 0 Å². The van der Waals surface area contributed by atoms with E-state index in [1.54, 1.807) is 0 Å². The van der Waals surface area contributed by atoms with Gasteiger partial charge >= 0.3 is 0 Å². The van der Waals surface area contributed by atoms with E-state index in [1.165, 1.54) is 17.5 Å². The topological polar surface area (TPSA) is 45.2 Å². The maximum Gasteiger partial charge on any atom is 0.251 e. The Kier molecular flexibility index (Phi) is 6.66. The fraction of sp³-hybridized carbons (Fsp3) is 0.429. The van der Waals surface area contributed by atoms with Crippen LogP contribution in [-0.4, -0.2) is 35.4 Å². The number of carbonyl (C=O) groups is 1. The van der Waals surface area contributed by atoms with Gasteiger partial charge in [-0.15, -0.1) is 0 Å². The van der Waals surface area contributed by atoms with E-state index in [1.807, 2.05) is 18.2 Å². The maximum absolute atomic E-state index is 12.9. The third kappa shape index (κ3) is 4.78. The highest BCUT2D eigenvalue weighted by molar-refractivity contribution is 6.36. The molecule has 1 amide bonds. The molecule has 0 spiro atoms. The zero-order chi connectivity index (χ0) is 22.8. The van der Waals surface area contributed by atoms with E-state index in [0.717, 1.165) is 73.4 Å². The van der Waals surface area contributed by atoms with Crippen LogP contribution in [0.15, 0.2) is 48.5 Å². The zero-order valence-electron chi connectivity index (χ0n) is 19.3. The largest absolute Gasteiger partial charge is 0.352 e. The third-order valence-electron chi connectivity index (χ3n) is 7.49. The Hall–Kier alpha value is -2.43.